The summed E-state index contributed by atoms with van der Waals surface area (Å²) in [5.41, 5.74) is 0. The quantitative estimate of drug-likeness (QED) is 0.595. The van der Waals surface area contributed by atoms with Gasteiger partial charge in [-0.15, -0.1) is 0 Å². The molecule has 20 heavy (non-hydrogen) atoms. The second kappa shape index (κ2) is 9.23. The van der Waals surface area contributed by atoms with Gasteiger partial charge in [-0.3, -0.25) is 0 Å². The van der Waals surface area contributed by atoms with Crippen molar-refractivity contribution in [3.63, 3.8) is 0 Å². The summed E-state index contributed by atoms with van der Waals surface area (Å²) in [6, 6.07) is 10.3. The number of aliphatic imine (C=N–C) groups is 1. The Balaban J connectivity index is 2.48. The number of para-hydroxylation sites is 1. The van der Waals surface area contributed by atoms with Crippen LogP contribution in [0.5, 0.6) is 5.75 Å². The van der Waals surface area contributed by atoms with Crippen LogP contribution in [-0.2, 0) is 0 Å². The second-order valence-corrected chi connectivity index (χ2v) is 4.91. The highest BCUT2D eigenvalue weighted by molar-refractivity contribution is 5.80. The number of guanidine groups is 1. The van der Waals surface area contributed by atoms with E-state index in [-0.39, 0.29) is 6.10 Å². The lowest BCUT2D eigenvalue weighted by Gasteiger charge is -2.18. The molecule has 0 aromatic heterocycles. The van der Waals surface area contributed by atoms with Gasteiger partial charge in [-0.25, -0.2) is 4.99 Å². The SMILES string of the molecule is CCNC(=NCC(C)Oc1ccccc1)NC(C)CC. The van der Waals surface area contributed by atoms with Gasteiger partial charge in [-0.05, 0) is 39.3 Å². The van der Waals surface area contributed by atoms with Crippen molar-refractivity contribution >= 4 is 5.96 Å². The largest absolute Gasteiger partial charge is 0.489 e. The first-order valence-corrected chi connectivity index (χ1v) is 7.42. The van der Waals surface area contributed by atoms with Crippen molar-refractivity contribution in [2.45, 2.75) is 46.3 Å². The number of nitrogens with one attached hydrogen (secondary N) is 2. The van der Waals surface area contributed by atoms with Gasteiger partial charge in [-0.1, -0.05) is 25.1 Å². The molecule has 2 unspecified atom stereocenters. The highest BCUT2D eigenvalue weighted by Gasteiger charge is 2.06. The summed E-state index contributed by atoms with van der Waals surface area (Å²) in [4.78, 5) is 4.57. The predicted molar refractivity (Wildman–Crippen MR) is 85.4 cm³/mol. The third-order valence-electron chi connectivity index (χ3n) is 2.93. The molecule has 0 saturated heterocycles. The lowest BCUT2D eigenvalue weighted by Crippen LogP contribution is -2.42. The van der Waals surface area contributed by atoms with E-state index in [9.17, 15) is 0 Å². The Morgan fingerprint density at radius 2 is 1.90 bits per heavy atom. The van der Waals surface area contributed by atoms with Crippen molar-refractivity contribution in [1.29, 1.82) is 0 Å². The molecule has 2 N–H and O–H groups in total. The number of benzene rings is 1. The Labute approximate surface area is 122 Å². The van der Waals surface area contributed by atoms with Gasteiger partial charge >= 0.3 is 0 Å². The Morgan fingerprint density at radius 1 is 1.20 bits per heavy atom. The van der Waals surface area contributed by atoms with E-state index in [0.29, 0.717) is 12.6 Å². The van der Waals surface area contributed by atoms with Crippen molar-refractivity contribution in [2.75, 3.05) is 13.1 Å². The van der Waals surface area contributed by atoms with E-state index in [1.54, 1.807) is 0 Å². The van der Waals surface area contributed by atoms with Gasteiger partial charge in [0.15, 0.2) is 5.96 Å². The molecular weight excluding hydrogens is 250 g/mol. The highest BCUT2D eigenvalue weighted by Crippen LogP contribution is 2.10. The summed E-state index contributed by atoms with van der Waals surface area (Å²) >= 11 is 0. The molecule has 0 aliphatic rings. The minimum Gasteiger partial charge on any atom is -0.489 e. The molecule has 0 bridgehead atoms. The van der Waals surface area contributed by atoms with Gasteiger partial charge < -0.3 is 15.4 Å². The van der Waals surface area contributed by atoms with Gasteiger partial charge in [0.1, 0.15) is 11.9 Å². The van der Waals surface area contributed by atoms with Crippen LogP contribution in [0.15, 0.2) is 35.3 Å². The molecule has 0 spiro atoms. The first-order valence-electron chi connectivity index (χ1n) is 7.42. The third-order valence-corrected chi connectivity index (χ3v) is 2.93. The predicted octanol–water partition coefficient (Wildman–Crippen LogP) is 2.81. The minimum atomic E-state index is 0.0461. The summed E-state index contributed by atoms with van der Waals surface area (Å²) in [5, 5.41) is 6.62. The number of nitrogens with zero attached hydrogens (tertiary/aromatic N) is 1. The maximum absolute atomic E-state index is 5.81. The van der Waals surface area contributed by atoms with Crippen LogP contribution in [0.4, 0.5) is 0 Å². The maximum Gasteiger partial charge on any atom is 0.191 e. The Bertz CT molecular complexity index is 392. The molecule has 4 heteroatoms. The average molecular weight is 277 g/mol. The van der Waals surface area contributed by atoms with Gasteiger partial charge in [0.2, 0.25) is 0 Å². The molecule has 1 rings (SSSR count). The summed E-state index contributed by atoms with van der Waals surface area (Å²) in [7, 11) is 0. The molecule has 112 valence electrons. The second-order valence-electron chi connectivity index (χ2n) is 4.91. The Kier molecular flexibility index (Phi) is 7.55. The van der Waals surface area contributed by atoms with Crippen LogP contribution in [0.25, 0.3) is 0 Å². The molecule has 0 heterocycles. The molecule has 0 fully saturated rings. The van der Waals surface area contributed by atoms with E-state index in [4.69, 9.17) is 4.74 Å². The summed E-state index contributed by atoms with van der Waals surface area (Å²) < 4.78 is 5.81. The van der Waals surface area contributed by atoms with Crippen molar-refractivity contribution < 1.29 is 4.74 Å². The van der Waals surface area contributed by atoms with E-state index in [2.05, 4.69) is 36.4 Å². The van der Waals surface area contributed by atoms with Crippen LogP contribution in [-0.4, -0.2) is 31.2 Å². The lowest BCUT2D eigenvalue weighted by molar-refractivity contribution is 0.230. The van der Waals surface area contributed by atoms with Crippen LogP contribution in [0.3, 0.4) is 0 Å². The van der Waals surface area contributed by atoms with E-state index in [0.717, 1.165) is 24.7 Å². The van der Waals surface area contributed by atoms with Gasteiger partial charge in [0.05, 0.1) is 6.54 Å². The fourth-order valence-corrected chi connectivity index (χ4v) is 1.64. The molecule has 1 aromatic carbocycles. The van der Waals surface area contributed by atoms with E-state index in [1.165, 1.54) is 0 Å². The number of hydrogen-bond acceptors (Lipinski definition) is 2. The first-order chi connectivity index (χ1) is 9.65. The lowest BCUT2D eigenvalue weighted by atomic mass is 10.3. The van der Waals surface area contributed by atoms with Crippen molar-refractivity contribution in [3.8, 4) is 5.75 Å². The van der Waals surface area contributed by atoms with Gasteiger partial charge in [0.25, 0.3) is 0 Å². The van der Waals surface area contributed by atoms with E-state index >= 15 is 0 Å². The Morgan fingerprint density at radius 3 is 2.50 bits per heavy atom. The molecule has 4 nitrogen and oxygen atoms in total. The Hall–Kier alpha value is -1.71. The molecular formula is C16H27N3O. The topological polar surface area (TPSA) is 45.7 Å². The normalized spacial score (nSPS) is 14.5. The van der Waals surface area contributed by atoms with Gasteiger partial charge in [0, 0.05) is 12.6 Å². The fraction of sp³-hybridized carbons (Fsp3) is 0.562. The summed E-state index contributed by atoms with van der Waals surface area (Å²) in [6.45, 7) is 9.89. The molecule has 0 aliphatic heterocycles. The summed E-state index contributed by atoms with van der Waals surface area (Å²) in [6.07, 6.45) is 1.12. The van der Waals surface area contributed by atoms with E-state index < -0.39 is 0 Å². The molecule has 2 atom stereocenters. The number of rotatable bonds is 7. The zero-order chi connectivity index (χ0) is 14.8. The number of ether oxygens (including phenoxy) is 1. The molecule has 0 aliphatic carbocycles. The molecule has 0 saturated carbocycles. The zero-order valence-electron chi connectivity index (χ0n) is 13.0. The van der Waals surface area contributed by atoms with Crippen LogP contribution in [0, 0.1) is 0 Å². The van der Waals surface area contributed by atoms with Crippen molar-refractivity contribution in [2.24, 2.45) is 4.99 Å². The van der Waals surface area contributed by atoms with Crippen molar-refractivity contribution in [3.05, 3.63) is 30.3 Å². The van der Waals surface area contributed by atoms with Crippen LogP contribution < -0.4 is 15.4 Å². The number of hydrogen-bond donors (Lipinski definition) is 2. The minimum absolute atomic E-state index is 0.0461. The average Bonchev–Trinajstić information content (AvgIpc) is 2.46. The molecule has 0 radical (unpaired) electrons. The maximum atomic E-state index is 5.81. The van der Waals surface area contributed by atoms with Gasteiger partial charge in [-0.2, -0.15) is 0 Å². The fourth-order valence-electron chi connectivity index (χ4n) is 1.64. The van der Waals surface area contributed by atoms with Crippen LogP contribution in [0.2, 0.25) is 0 Å². The van der Waals surface area contributed by atoms with Crippen LogP contribution in [0.1, 0.15) is 34.1 Å². The van der Waals surface area contributed by atoms with Crippen molar-refractivity contribution in [1.82, 2.24) is 10.6 Å². The highest BCUT2D eigenvalue weighted by atomic mass is 16.5. The van der Waals surface area contributed by atoms with Crippen LogP contribution >= 0.6 is 0 Å². The summed E-state index contributed by atoms with van der Waals surface area (Å²) in [5.74, 6) is 1.74. The molecule has 0 amide bonds. The zero-order valence-corrected chi connectivity index (χ0v) is 13.0. The smallest absolute Gasteiger partial charge is 0.191 e. The molecule has 1 aromatic rings. The van der Waals surface area contributed by atoms with E-state index in [1.807, 2.05) is 37.3 Å². The first kappa shape index (κ1) is 16.3. The third kappa shape index (κ3) is 6.45. The monoisotopic (exact) mass is 277 g/mol. The standard InChI is InChI=1S/C16H27N3O/c1-5-13(3)19-16(17-6-2)18-12-14(4)20-15-10-8-7-9-11-15/h7-11,13-14H,5-6,12H2,1-4H3,(H2,17,18,19).